The van der Waals surface area contributed by atoms with Gasteiger partial charge in [0.1, 0.15) is 0 Å². The highest BCUT2D eigenvalue weighted by Gasteiger charge is 2.02. The molecule has 2 aromatic rings. The predicted octanol–water partition coefficient (Wildman–Crippen LogP) is 3.58. The number of hydrogen-bond donors (Lipinski definition) is 0. The molecule has 0 aromatic heterocycles. The molecule has 0 bridgehead atoms. The number of halogens is 1. The second-order valence-electron chi connectivity index (χ2n) is 3.71. The summed E-state index contributed by atoms with van der Waals surface area (Å²) in [6, 6.07) is 17.3. The molecule has 0 N–H and O–H groups in total. The largest absolute Gasteiger partial charge is 0.624 e. The van der Waals surface area contributed by atoms with Crippen molar-refractivity contribution in [2.24, 2.45) is 0 Å². The van der Waals surface area contributed by atoms with Crippen molar-refractivity contribution in [2.45, 2.75) is 6.54 Å². The highest BCUT2D eigenvalue weighted by atomic mass is 79.9. The Balaban J connectivity index is 2.15. The van der Waals surface area contributed by atoms with Gasteiger partial charge >= 0.3 is 0 Å². The van der Waals surface area contributed by atoms with Gasteiger partial charge in [0.15, 0.2) is 12.8 Å². The van der Waals surface area contributed by atoms with E-state index in [0.29, 0.717) is 6.54 Å². The molecule has 86 valence electrons. The van der Waals surface area contributed by atoms with E-state index in [4.69, 9.17) is 0 Å². The molecule has 0 saturated carbocycles. The van der Waals surface area contributed by atoms with Gasteiger partial charge in [-0.2, -0.15) is 0 Å². The van der Waals surface area contributed by atoms with Crippen molar-refractivity contribution in [1.29, 1.82) is 0 Å². The van der Waals surface area contributed by atoms with Crippen LogP contribution in [0.5, 0.6) is 0 Å². The maximum Gasteiger partial charge on any atom is 0.182 e. The van der Waals surface area contributed by atoms with E-state index < -0.39 is 0 Å². The average molecular weight is 290 g/mol. The standard InChI is InChI=1S/C14H12BrNO/c15-14-9-5-4-8-13(14)11-16(17)10-12-6-2-1-3-7-12/h1-10H,11H2. The van der Waals surface area contributed by atoms with Gasteiger partial charge in [-0.05, 0) is 18.2 Å². The summed E-state index contributed by atoms with van der Waals surface area (Å²) in [6.07, 6.45) is 1.60. The minimum atomic E-state index is 0.344. The number of nitrogens with zero attached hydrogens (tertiary/aromatic N) is 1. The van der Waals surface area contributed by atoms with Crippen LogP contribution < -0.4 is 0 Å². The SMILES string of the molecule is [O-][N+](=Cc1ccccc1)Cc1ccccc1Br. The van der Waals surface area contributed by atoms with Crippen LogP contribution in [0.2, 0.25) is 0 Å². The number of hydrogen-bond acceptors (Lipinski definition) is 1. The van der Waals surface area contributed by atoms with Gasteiger partial charge in [0, 0.05) is 15.6 Å². The maximum absolute atomic E-state index is 11.8. The van der Waals surface area contributed by atoms with Crippen molar-refractivity contribution in [3.05, 3.63) is 75.4 Å². The van der Waals surface area contributed by atoms with Crippen LogP contribution in [0.15, 0.2) is 59.1 Å². The quantitative estimate of drug-likeness (QED) is 0.367. The topological polar surface area (TPSA) is 26.1 Å². The molecular weight excluding hydrogens is 278 g/mol. The van der Waals surface area contributed by atoms with E-state index in [-0.39, 0.29) is 0 Å². The smallest absolute Gasteiger partial charge is 0.182 e. The maximum atomic E-state index is 11.8. The van der Waals surface area contributed by atoms with Gasteiger partial charge in [-0.3, -0.25) is 0 Å². The second kappa shape index (κ2) is 5.64. The summed E-state index contributed by atoms with van der Waals surface area (Å²) in [6.45, 7) is 0.344. The Labute approximate surface area is 109 Å². The lowest BCUT2D eigenvalue weighted by atomic mass is 10.2. The number of benzene rings is 2. The van der Waals surface area contributed by atoms with Crippen molar-refractivity contribution in [3.8, 4) is 0 Å². The summed E-state index contributed by atoms with van der Waals surface area (Å²) in [4.78, 5) is 0. The molecule has 0 aliphatic rings. The van der Waals surface area contributed by atoms with Crippen molar-refractivity contribution >= 4 is 22.1 Å². The molecule has 3 heteroatoms. The van der Waals surface area contributed by atoms with Gasteiger partial charge < -0.3 is 5.21 Å². The zero-order valence-electron chi connectivity index (χ0n) is 9.21. The predicted molar refractivity (Wildman–Crippen MR) is 73.1 cm³/mol. The summed E-state index contributed by atoms with van der Waals surface area (Å²) < 4.78 is 1.90. The molecule has 0 amide bonds. The molecular formula is C14H12BrNO. The first-order valence-electron chi connectivity index (χ1n) is 5.33. The van der Waals surface area contributed by atoms with Crippen molar-refractivity contribution in [1.82, 2.24) is 0 Å². The molecule has 0 unspecified atom stereocenters. The monoisotopic (exact) mass is 289 g/mol. The fourth-order valence-electron chi connectivity index (χ4n) is 1.55. The molecule has 2 nitrogen and oxygen atoms in total. The lowest BCUT2D eigenvalue weighted by molar-refractivity contribution is -0.469. The van der Waals surface area contributed by atoms with Gasteiger partial charge in [-0.15, -0.1) is 0 Å². The minimum absolute atomic E-state index is 0.344. The van der Waals surface area contributed by atoms with E-state index in [0.717, 1.165) is 20.3 Å². The van der Waals surface area contributed by atoms with E-state index in [1.54, 1.807) is 6.21 Å². The van der Waals surface area contributed by atoms with Gasteiger partial charge in [-0.1, -0.05) is 52.3 Å². The van der Waals surface area contributed by atoms with Crippen LogP contribution in [0.4, 0.5) is 0 Å². The highest BCUT2D eigenvalue weighted by Crippen LogP contribution is 2.16. The molecule has 0 atom stereocenters. The second-order valence-corrected chi connectivity index (χ2v) is 4.56. The lowest BCUT2D eigenvalue weighted by Gasteiger charge is -2.05. The molecule has 17 heavy (non-hydrogen) atoms. The molecule has 0 aliphatic carbocycles. The van der Waals surface area contributed by atoms with Crippen molar-refractivity contribution in [3.63, 3.8) is 0 Å². The zero-order valence-corrected chi connectivity index (χ0v) is 10.8. The van der Waals surface area contributed by atoms with Crippen LogP contribution in [0.1, 0.15) is 11.1 Å². The number of hydroxylamine groups is 1. The van der Waals surface area contributed by atoms with E-state index in [1.165, 1.54) is 0 Å². The van der Waals surface area contributed by atoms with E-state index in [9.17, 15) is 5.21 Å². The fraction of sp³-hybridized carbons (Fsp3) is 0.0714. The molecule has 0 heterocycles. The average Bonchev–Trinajstić information content (AvgIpc) is 2.33. The van der Waals surface area contributed by atoms with Crippen molar-refractivity contribution in [2.75, 3.05) is 0 Å². The van der Waals surface area contributed by atoms with E-state index in [2.05, 4.69) is 15.9 Å². The third-order valence-electron chi connectivity index (χ3n) is 2.38. The van der Waals surface area contributed by atoms with Crippen LogP contribution >= 0.6 is 15.9 Å². The third-order valence-corrected chi connectivity index (χ3v) is 3.15. The molecule has 0 aliphatic heterocycles. The Bertz CT molecular complexity index is 523. The molecule has 0 saturated heterocycles. The van der Waals surface area contributed by atoms with Crippen LogP contribution in [-0.4, -0.2) is 11.0 Å². The number of rotatable bonds is 3. The Morgan fingerprint density at radius 2 is 1.65 bits per heavy atom. The van der Waals surface area contributed by atoms with Crippen LogP contribution in [-0.2, 0) is 6.54 Å². The highest BCUT2D eigenvalue weighted by molar-refractivity contribution is 9.10. The van der Waals surface area contributed by atoms with Crippen LogP contribution in [0.25, 0.3) is 0 Å². The molecule has 2 rings (SSSR count). The van der Waals surface area contributed by atoms with Gasteiger partial charge in [0.05, 0.1) is 0 Å². The summed E-state index contributed by atoms with van der Waals surface area (Å²) >= 11 is 3.43. The first-order valence-corrected chi connectivity index (χ1v) is 6.12. The van der Waals surface area contributed by atoms with Crippen LogP contribution in [0.3, 0.4) is 0 Å². The zero-order chi connectivity index (χ0) is 12.1. The molecule has 2 aromatic carbocycles. The first-order chi connectivity index (χ1) is 8.25. The Kier molecular flexibility index (Phi) is 3.94. The summed E-state index contributed by atoms with van der Waals surface area (Å²) in [5, 5.41) is 11.8. The van der Waals surface area contributed by atoms with Crippen molar-refractivity contribution < 1.29 is 4.74 Å². The fourth-order valence-corrected chi connectivity index (χ4v) is 1.96. The lowest BCUT2D eigenvalue weighted by Crippen LogP contribution is -2.06. The van der Waals surface area contributed by atoms with Gasteiger partial charge in [0.25, 0.3) is 0 Å². The molecule has 0 spiro atoms. The third kappa shape index (κ3) is 3.43. The van der Waals surface area contributed by atoms with Gasteiger partial charge in [-0.25, -0.2) is 4.74 Å². The molecule has 0 fully saturated rings. The summed E-state index contributed by atoms with van der Waals surface area (Å²) in [7, 11) is 0. The van der Waals surface area contributed by atoms with Crippen LogP contribution in [0, 0.1) is 5.21 Å². The minimum Gasteiger partial charge on any atom is -0.624 e. The Morgan fingerprint density at radius 3 is 2.35 bits per heavy atom. The summed E-state index contributed by atoms with van der Waals surface area (Å²) in [5.41, 5.74) is 1.89. The summed E-state index contributed by atoms with van der Waals surface area (Å²) in [5.74, 6) is 0. The normalized spacial score (nSPS) is 11.5. The Hall–Kier alpha value is -1.61. The van der Waals surface area contributed by atoms with E-state index in [1.807, 2.05) is 54.6 Å². The van der Waals surface area contributed by atoms with E-state index >= 15 is 0 Å². The van der Waals surface area contributed by atoms with Gasteiger partial charge in [0.2, 0.25) is 0 Å². The molecule has 0 radical (unpaired) electrons. The first kappa shape index (κ1) is 11.9. The Morgan fingerprint density at radius 1 is 1.00 bits per heavy atom.